The standard InChI is InChI=1S/C16H16BrN5/c1-12-19-5-4-16(20-12)22-8-6-21(7-9-22)15-3-2-13(11-18)10-14(15)17/h2-5,10H,6-9H2,1H3. The maximum Gasteiger partial charge on any atom is 0.132 e. The van der Waals surface area contributed by atoms with E-state index in [1.165, 1.54) is 0 Å². The van der Waals surface area contributed by atoms with E-state index in [4.69, 9.17) is 5.26 Å². The zero-order valence-electron chi connectivity index (χ0n) is 12.3. The van der Waals surface area contributed by atoms with Crippen molar-refractivity contribution in [2.24, 2.45) is 0 Å². The van der Waals surface area contributed by atoms with E-state index < -0.39 is 0 Å². The molecule has 3 rings (SSSR count). The fourth-order valence-electron chi connectivity index (χ4n) is 2.63. The lowest BCUT2D eigenvalue weighted by atomic mass is 10.2. The Hall–Kier alpha value is -2.13. The first-order chi connectivity index (χ1) is 10.7. The first kappa shape index (κ1) is 14.8. The third kappa shape index (κ3) is 3.04. The lowest BCUT2D eigenvalue weighted by Gasteiger charge is -2.37. The van der Waals surface area contributed by atoms with Crippen molar-refractivity contribution in [2.45, 2.75) is 6.92 Å². The average Bonchev–Trinajstić information content (AvgIpc) is 2.55. The van der Waals surface area contributed by atoms with E-state index in [9.17, 15) is 0 Å². The molecule has 0 saturated carbocycles. The Labute approximate surface area is 138 Å². The van der Waals surface area contributed by atoms with Crippen molar-refractivity contribution >= 4 is 27.4 Å². The van der Waals surface area contributed by atoms with Gasteiger partial charge < -0.3 is 9.80 Å². The van der Waals surface area contributed by atoms with Crippen LogP contribution >= 0.6 is 15.9 Å². The molecule has 0 bridgehead atoms. The molecule has 1 saturated heterocycles. The number of nitriles is 1. The highest BCUT2D eigenvalue weighted by Gasteiger charge is 2.20. The second kappa shape index (κ2) is 6.32. The Kier molecular flexibility index (Phi) is 4.25. The van der Waals surface area contributed by atoms with Gasteiger partial charge in [-0.1, -0.05) is 0 Å². The van der Waals surface area contributed by atoms with Gasteiger partial charge in [-0.05, 0) is 47.1 Å². The molecule has 2 aromatic rings. The number of hydrogen-bond donors (Lipinski definition) is 0. The molecule has 5 nitrogen and oxygen atoms in total. The summed E-state index contributed by atoms with van der Waals surface area (Å²) < 4.78 is 0.970. The third-order valence-corrected chi connectivity index (χ3v) is 4.42. The molecule has 0 unspecified atom stereocenters. The third-order valence-electron chi connectivity index (χ3n) is 3.78. The normalized spacial score (nSPS) is 14.8. The average molecular weight is 358 g/mol. The Bertz CT molecular complexity index is 717. The highest BCUT2D eigenvalue weighted by molar-refractivity contribution is 9.10. The summed E-state index contributed by atoms with van der Waals surface area (Å²) in [6.45, 7) is 5.60. The molecular weight excluding hydrogens is 342 g/mol. The van der Waals surface area contributed by atoms with Gasteiger partial charge in [0.2, 0.25) is 0 Å². The molecule has 1 aromatic carbocycles. The quantitative estimate of drug-likeness (QED) is 0.826. The highest BCUT2D eigenvalue weighted by atomic mass is 79.9. The largest absolute Gasteiger partial charge is 0.367 e. The number of nitrogens with zero attached hydrogens (tertiary/aromatic N) is 5. The molecule has 0 aliphatic carbocycles. The van der Waals surface area contributed by atoms with Gasteiger partial charge >= 0.3 is 0 Å². The molecule has 1 aliphatic rings. The minimum absolute atomic E-state index is 0.672. The second-order valence-corrected chi connectivity index (χ2v) is 6.07. The number of piperazine rings is 1. The Balaban J connectivity index is 1.71. The highest BCUT2D eigenvalue weighted by Crippen LogP contribution is 2.28. The second-order valence-electron chi connectivity index (χ2n) is 5.21. The fraction of sp³-hybridized carbons (Fsp3) is 0.312. The number of halogens is 1. The number of hydrogen-bond acceptors (Lipinski definition) is 5. The summed E-state index contributed by atoms with van der Waals surface area (Å²) in [7, 11) is 0. The van der Waals surface area contributed by atoms with E-state index in [-0.39, 0.29) is 0 Å². The van der Waals surface area contributed by atoms with Crippen LogP contribution in [-0.2, 0) is 0 Å². The molecule has 0 N–H and O–H groups in total. The predicted octanol–water partition coefficient (Wildman–Crippen LogP) is 2.75. The lowest BCUT2D eigenvalue weighted by molar-refractivity contribution is 0.645. The smallest absolute Gasteiger partial charge is 0.132 e. The Morgan fingerprint density at radius 1 is 1.14 bits per heavy atom. The van der Waals surface area contributed by atoms with Gasteiger partial charge in [0.1, 0.15) is 11.6 Å². The first-order valence-electron chi connectivity index (χ1n) is 7.16. The van der Waals surface area contributed by atoms with Gasteiger partial charge in [0.05, 0.1) is 17.3 Å². The zero-order valence-corrected chi connectivity index (χ0v) is 13.9. The summed E-state index contributed by atoms with van der Waals surface area (Å²) in [5, 5.41) is 8.94. The molecule has 112 valence electrons. The van der Waals surface area contributed by atoms with Crippen molar-refractivity contribution in [1.82, 2.24) is 9.97 Å². The van der Waals surface area contributed by atoms with Gasteiger partial charge in [-0.15, -0.1) is 0 Å². The number of aromatic nitrogens is 2. The Morgan fingerprint density at radius 3 is 2.50 bits per heavy atom. The molecule has 1 aliphatic heterocycles. The van der Waals surface area contributed by atoms with Crippen molar-refractivity contribution in [3.8, 4) is 6.07 Å². The fourth-order valence-corrected chi connectivity index (χ4v) is 3.26. The topological polar surface area (TPSA) is 56.1 Å². The lowest BCUT2D eigenvalue weighted by Crippen LogP contribution is -2.47. The van der Waals surface area contributed by atoms with Crippen LogP contribution in [0.2, 0.25) is 0 Å². The Morgan fingerprint density at radius 2 is 1.86 bits per heavy atom. The van der Waals surface area contributed by atoms with E-state index >= 15 is 0 Å². The van der Waals surface area contributed by atoms with E-state index in [1.54, 1.807) is 6.20 Å². The first-order valence-corrected chi connectivity index (χ1v) is 7.96. The molecular formula is C16H16BrN5. The summed E-state index contributed by atoms with van der Waals surface area (Å²) >= 11 is 3.57. The molecule has 0 atom stereocenters. The molecule has 1 fully saturated rings. The maximum absolute atomic E-state index is 8.94. The molecule has 6 heteroatoms. The van der Waals surface area contributed by atoms with Crippen molar-refractivity contribution in [3.05, 3.63) is 46.3 Å². The van der Waals surface area contributed by atoms with Crippen molar-refractivity contribution in [2.75, 3.05) is 36.0 Å². The number of benzene rings is 1. The number of rotatable bonds is 2. The van der Waals surface area contributed by atoms with Crippen LogP contribution in [0.1, 0.15) is 11.4 Å². The minimum Gasteiger partial charge on any atom is -0.367 e. The number of anilines is 2. The van der Waals surface area contributed by atoms with Crippen LogP contribution in [0.4, 0.5) is 11.5 Å². The molecule has 0 amide bonds. The van der Waals surface area contributed by atoms with Crippen LogP contribution in [0.15, 0.2) is 34.9 Å². The van der Waals surface area contributed by atoms with Crippen LogP contribution in [-0.4, -0.2) is 36.1 Å². The van der Waals surface area contributed by atoms with Crippen LogP contribution in [0.25, 0.3) is 0 Å². The minimum atomic E-state index is 0.672. The SMILES string of the molecule is Cc1nccc(N2CCN(c3ccc(C#N)cc3Br)CC2)n1. The van der Waals surface area contributed by atoms with Crippen LogP contribution in [0, 0.1) is 18.3 Å². The van der Waals surface area contributed by atoms with Crippen molar-refractivity contribution in [1.29, 1.82) is 5.26 Å². The van der Waals surface area contributed by atoms with Crippen LogP contribution < -0.4 is 9.80 Å². The van der Waals surface area contributed by atoms with Gasteiger partial charge in [-0.3, -0.25) is 0 Å². The predicted molar refractivity (Wildman–Crippen MR) is 90.1 cm³/mol. The van der Waals surface area contributed by atoms with E-state index in [1.807, 2.05) is 31.2 Å². The summed E-state index contributed by atoms with van der Waals surface area (Å²) in [6.07, 6.45) is 1.81. The van der Waals surface area contributed by atoms with Gasteiger partial charge in [0.15, 0.2) is 0 Å². The molecule has 0 radical (unpaired) electrons. The van der Waals surface area contributed by atoms with Gasteiger partial charge in [-0.2, -0.15) is 5.26 Å². The molecule has 22 heavy (non-hydrogen) atoms. The monoisotopic (exact) mass is 357 g/mol. The van der Waals surface area contributed by atoms with Gasteiger partial charge in [0, 0.05) is 36.8 Å². The van der Waals surface area contributed by atoms with E-state index in [2.05, 4.69) is 41.8 Å². The number of aryl methyl sites for hydroxylation is 1. The molecule has 2 heterocycles. The van der Waals surface area contributed by atoms with Crippen molar-refractivity contribution in [3.63, 3.8) is 0 Å². The summed E-state index contributed by atoms with van der Waals surface area (Å²) in [5.74, 6) is 1.79. The van der Waals surface area contributed by atoms with Crippen molar-refractivity contribution < 1.29 is 0 Å². The maximum atomic E-state index is 8.94. The summed E-state index contributed by atoms with van der Waals surface area (Å²) in [4.78, 5) is 13.2. The van der Waals surface area contributed by atoms with E-state index in [0.717, 1.165) is 48.0 Å². The molecule has 1 aromatic heterocycles. The van der Waals surface area contributed by atoms with E-state index in [0.29, 0.717) is 5.56 Å². The summed E-state index contributed by atoms with van der Waals surface area (Å²) in [6, 6.07) is 9.86. The van der Waals surface area contributed by atoms with Crippen LogP contribution in [0.5, 0.6) is 0 Å². The molecule has 0 spiro atoms. The summed E-state index contributed by atoms with van der Waals surface area (Å²) in [5.41, 5.74) is 1.81. The van der Waals surface area contributed by atoms with Gasteiger partial charge in [-0.25, -0.2) is 9.97 Å². The van der Waals surface area contributed by atoms with Gasteiger partial charge in [0.25, 0.3) is 0 Å². The van der Waals surface area contributed by atoms with Crippen LogP contribution in [0.3, 0.4) is 0 Å². The zero-order chi connectivity index (χ0) is 15.5.